The van der Waals surface area contributed by atoms with Crippen molar-refractivity contribution in [2.75, 3.05) is 30.4 Å². The molecule has 3 heterocycles. The zero-order chi connectivity index (χ0) is 18.8. The van der Waals surface area contributed by atoms with E-state index >= 15 is 0 Å². The number of aromatic nitrogens is 3. The molecule has 0 unspecified atom stereocenters. The topological polar surface area (TPSA) is 71.8 Å². The maximum atomic E-state index is 12.6. The lowest BCUT2D eigenvalue weighted by Gasteiger charge is -2.31. The van der Waals surface area contributed by atoms with Crippen LogP contribution in [-0.4, -0.2) is 40.7 Å². The summed E-state index contributed by atoms with van der Waals surface area (Å²) in [6, 6.07) is 11.1. The van der Waals surface area contributed by atoms with Crippen LogP contribution in [0.5, 0.6) is 5.75 Å². The van der Waals surface area contributed by atoms with Gasteiger partial charge in [0, 0.05) is 37.0 Å². The fourth-order valence-electron chi connectivity index (χ4n) is 3.37. The summed E-state index contributed by atoms with van der Waals surface area (Å²) < 4.78 is 7.09. The maximum Gasteiger partial charge on any atom is 0.231 e. The molecule has 8 heteroatoms. The molecule has 2 aromatic heterocycles. The molecular formula is C19H20ClN5O2. The van der Waals surface area contributed by atoms with Crippen molar-refractivity contribution in [3.8, 4) is 5.75 Å². The molecule has 1 aromatic carbocycles. The third-order valence-electron chi connectivity index (χ3n) is 4.85. The fourth-order valence-corrected chi connectivity index (χ4v) is 3.58. The molecule has 7 nitrogen and oxygen atoms in total. The highest BCUT2D eigenvalue weighted by atomic mass is 35.5. The van der Waals surface area contributed by atoms with Crippen molar-refractivity contribution in [3.05, 3.63) is 47.6 Å². The maximum absolute atomic E-state index is 12.6. The van der Waals surface area contributed by atoms with Gasteiger partial charge in [0.05, 0.1) is 12.1 Å². The molecule has 1 aliphatic rings. The number of nitrogens with one attached hydrogen (secondary N) is 1. The Bertz CT molecular complexity index is 966. The highest BCUT2D eigenvalue weighted by Gasteiger charge is 2.27. The number of anilines is 2. The Morgan fingerprint density at radius 3 is 2.81 bits per heavy atom. The number of fused-ring (bicyclic) bond motifs is 1. The van der Waals surface area contributed by atoms with Crippen LogP contribution in [0.25, 0.3) is 5.65 Å². The molecule has 1 fully saturated rings. The standard InChI is InChI=1S/C19H20ClN5O2/c1-27-15-5-2-4-14(12-15)21-18(26)13-7-10-24(11-8-13)19-23-22-17-16(20)6-3-9-25(17)19/h2-6,9,12-13H,7-8,10-11H2,1H3,(H,21,26). The third kappa shape index (κ3) is 3.55. The Morgan fingerprint density at radius 1 is 1.22 bits per heavy atom. The van der Waals surface area contributed by atoms with Gasteiger partial charge in [0.15, 0.2) is 5.65 Å². The second-order valence-corrected chi connectivity index (χ2v) is 6.94. The van der Waals surface area contributed by atoms with Gasteiger partial charge in [0.1, 0.15) is 5.75 Å². The Labute approximate surface area is 161 Å². The zero-order valence-electron chi connectivity index (χ0n) is 14.9. The van der Waals surface area contributed by atoms with E-state index in [4.69, 9.17) is 16.3 Å². The first-order chi connectivity index (χ1) is 13.2. The molecular weight excluding hydrogens is 366 g/mol. The van der Waals surface area contributed by atoms with E-state index in [-0.39, 0.29) is 11.8 Å². The van der Waals surface area contributed by atoms with E-state index in [0.717, 1.165) is 43.3 Å². The third-order valence-corrected chi connectivity index (χ3v) is 5.15. The van der Waals surface area contributed by atoms with Crippen molar-refractivity contribution >= 4 is 34.8 Å². The lowest BCUT2D eigenvalue weighted by molar-refractivity contribution is -0.120. The number of benzene rings is 1. The summed E-state index contributed by atoms with van der Waals surface area (Å²) in [6.07, 6.45) is 3.41. The van der Waals surface area contributed by atoms with Crippen LogP contribution in [0.2, 0.25) is 5.02 Å². The number of amides is 1. The Balaban J connectivity index is 1.41. The van der Waals surface area contributed by atoms with Crippen LogP contribution in [0.1, 0.15) is 12.8 Å². The van der Waals surface area contributed by atoms with Crippen LogP contribution in [0.15, 0.2) is 42.6 Å². The van der Waals surface area contributed by atoms with Gasteiger partial charge >= 0.3 is 0 Å². The minimum atomic E-state index is -0.0322. The van der Waals surface area contributed by atoms with Crippen molar-refractivity contribution in [3.63, 3.8) is 0 Å². The Morgan fingerprint density at radius 2 is 2.04 bits per heavy atom. The zero-order valence-corrected chi connectivity index (χ0v) is 15.7. The van der Waals surface area contributed by atoms with Crippen molar-refractivity contribution in [1.82, 2.24) is 14.6 Å². The van der Waals surface area contributed by atoms with Gasteiger partial charge in [-0.2, -0.15) is 0 Å². The number of hydrogen-bond acceptors (Lipinski definition) is 5. The second kappa shape index (κ2) is 7.44. The first-order valence-electron chi connectivity index (χ1n) is 8.85. The Kier molecular flexibility index (Phi) is 4.85. The normalized spacial score (nSPS) is 15.1. The van der Waals surface area contributed by atoms with E-state index in [1.807, 2.05) is 40.9 Å². The summed E-state index contributed by atoms with van der Waals surface area (Å²) in [4.78, 5) is 14.7. The minimum absolute atomic E-state index is 0.0322. The summed E-state index contributed by atoms with van der Waals surface area (Å²) >= 11 is 6.17. The van der Waals surface area contributed by atoms with Crippen LogP contribution in [-0.2, 0) is 4.79 Å². The molecule has 0 spiro atoms. The quantitative estimate of drug-likeness (QED) is 0.746. The average molecular weight is 386 g/mol. The number of pyridine rings is 1. The largest absolute Gasteiger partial charge is 0.497 e. The first-order valence-corrected chi connectivity index (χ1v) is 9.22. The second-order valence-electron chi connectivity index (χ2n) is 6.53. The predicted octanol–water partition coefficient (Wildman–Crippen LogP) is 3.25. The van der Waals surface area contributed by atoms with Crippen LogP contribution in [0.4, 0.5) is 11.6 Å². The molecule has 27 heavy (non-hydrogen) atoms. The number of nitrogens with zero attached hydrogens (tertiary/aromatic N) is 4. The van der Waals surface area contributed by atoms with E-state index < -0.39 is 0 Å². The number of hydrogen-bond donors (Lipinski definition) is 1. The van der Waals surface area contributed by atoms with Gasteiger partial charge in [0.25, 0.3) is 0 Å². The van der Waals surface area contributed by atoms with Gasteiger partial charge in [-0.05, 0) is 37.1 Å². The van der Waals surface area contributed by atoms with Crippen molar-refractivity contribution < 1.29 is 9.53 Å². The summed E-state index contributed by atoms with van der Waals surface area (Å²) in [5.41, 5.74) is 1.40. The number of rotatable bonds is 4. The van der Waals surface area contributed by atoms with Gasteiger partial charge in [-0.15, -0.1) is 10.2 Å². The molecule has 1 saturated heterocycles. The van der Waals surface area contributed by atoms with Gasteiger partial charge in [-0.25, -0.2) is 0 Å². The summed E-state index contributed by atoms with van der Waals surface area (Å²) in [5, 5.41) is 12.0. The number of ether oxygens (including phenoxy) is 1. The average Bonchev–Trinajstić information content (AvgIpc) is 3.14. The van der Waals surface area contributed by atoms with E-state index in [2.05, 4.69) is 20.4 Å². The molecule has 1 aliphatic heterocycles. The van der Waals surface area contributed by atoms with Crippen molar-refractivity contribution in [2.45, 2.75) is 12.8 Å². The van der Waals surface area contributed by atoms with Crippen molar-refractivity contribution in [1.29, 1.82) is 0 Å². The van der Waals surface area contributed by atoms with Crippen LogP contribution >= 0.6 is 11.6 Å². The van der Waals surface area contributed by atoms with Crippen LogP contribution < -0.4 is 15.0 Å². The highest BCUT2D eigenvalue weighted by Crippen LogP contribution is 2.26. The summed E-state index contributed by atoms with van der Waals surface area (Å²) in [7, 11) is 1.61. The monoisotopic (exact) mass is 385 g/mol. The molecule has 0 aliphatic carbocycles. The van der Waals surface area contributed by atoms with E-state index in [1.54, 1.807) is 13.2 Å². The summed E-state index contributed by atoms with van der Waals surface area (Å²) in [6.45, 7) is 1.48. The number of methoxy groups -OCH3 is 1. The number of piperidine rings is 1. The van der Waals surface area contributed by atoms with Crippen LogP contribution in [0, 0.1) is 5.92 Å². The molecule has 140 valence electrons. The van der Waals surface area contributed by atoms with Crippen LogP contribution in [0.3, 0.4) is 0 Å². The van der Waals surface area contributed by atoms with Gasteiger partial charge in [-0.1, -0.05) is 17.7 Å². The molecule has 0 radical (unpaired) electrons. The lowest BCUT2D eigenvalue weighted by Crippen LogP contribution is -2.39. The SMILES string of the molecule is COc1cccc(NC(=O)C2CCN(c3nnc4c(Cl)cccn34)CC2)c1. The van der Waals surface area contributed by atoms with Gasteiger partial charge < -0.3 is 15.0 Å². The number of carbonyl (C=O) groups is 1. The number of carbonyl (C=O) groups excluding carboxylic acids is 1. The highest BCUT2D eigenvalue weighted by molar-refractivity contribution is 6.33. The lowest BCUT2D eigenvalue weighted by atomic mass is 9.96. The summed E-state index contributed by atoms with van der Waals surface area (Å²) in [5.74, 6) is 1.49. The van der Waals surface area contributed by atoms with E-state index in [0.29, 0.717) is 10.7 Å². The minimum Gasteiger partial charge on any atom is -0.497 e. The van der Waals surface area contributed by atoms with E-state index in [9.17, 15) is 4.79 Å². The fraction of sp³-hybridized carbons (Fsp3) is 0.316. The van der Waals surface area contributed by atoms with Gasteiger partial charge in [-0.3, -0.25) is 9.20 Å². The number of halogens is 1. The molecule has 3 aromatic rings. The van der Waals surface area contributed by atoms with Crippen molar-refractivity contribution in [2.24, 2.45) is 5.92 Å². The molecule has 0 bridgehead atoms. The molecule has 1 N–H and O–H groups in total. The molecule has 0 saturated carbocycles. The van der Waals surface area contributed by atoms with Gasteiger partial charge in [0.2, 0.25) is 11.9 Å². The van der Waals surface area contributed by atoms with E-state index in [1.165, 1.54) is 0 Å². The molecule has 4 rings (SSSR count). The first kappa shape index (κ1) is 17.6. The molecule has 1 amide bonds. The smallest absolute Gasteiger partial charge is 0.231 e. The Hall–Kier alpha value is -2.80. The predicted molar refractivity (Wildman–Crippen MR) is 105 cm³/mol. The molecule has 0 atom stereocenters.